The van der Waals surface area contributed by atoms with E-state index in [-0.39, 0.29) is 11.1 Å². The molecule has 20 heavy (non-hydrogen) atoms. The van der Waals surface area contributed by atoms with Crippen LogP contribution in [0.15, 0.2) is 51.4 Å². The van der Waals surface area contributed by atoms with Crippen LogP contribution in [0.5, 0.6) is 0 Å². The van der Waals surface area contributed by atoms with Crippen molar-refractivity contribution in [3.63, 3.8) is 0 Å². The molecule has 5 heteroatoms. The Morgan fingerprint density at radius 1 is 0.900 bits per heavy atom. The summed E-state index contributed by atoms with van der Waals surface area (Å²) in [5.41, 5.74) is 2.10. The van der Waals surface area contributed by atoms with Gasteiger partial charge in [-0.2, -0.15) is 0 Å². The van der Waals surface area contributed by atoms with Crippen LogP contribution in [0.4, 0.5) is 0 Å². The third-order valence-corrected chi connectivity index (χ3v) is 3.99. The molecule has 0 radical (unpaired) electrons. The molecule has 0 spiro atoms. The van der Waals surface area contributed by atoms with Gasteiger partial charge in [-0.25, -0.2) is 0 Å². The first kappa shape index (κ1) is 12.6. The van der Waals surface area contributed by atoms with Gasteiger partial charge in [0.2, 0.25) is 0 Å². The molecule has 0 fully saturated rings. The second kappa shape index (κ2) is 4.94. The molecule has 2 aromatic heterocycles. The maximum absolute atomic E-state index is 12.2. The van der Waals surface area contributed by atoms with Crippen LogP contribution in [0, 0.1) is 6.92 Å². The molecule has 2 N–H and O–H groups in total. The molecule has 0 unspecified atom stereocenters. The molecule has 0 bridgehead atoms. The maximum Gasteiger partial charge on any atom is 0.271 e. The highest BCUT2D eigenvalue weighted by molar-refractivity contribution is 7.13. The summed E-state index contributed by atoms with van der Waals surface area (Å²) in [6, 6.07) is 11.3. The van der Waals surface area contributed by atoms with Crippen molar-refractivity contribution in [2.75, 3.05) is 0 Å². The summed E-state index contributed by atoms with van der Waals surface area (Å²) in [4.78, 5) is 25.0. The summed E-state index contributed by atoms with van der Waals surface area (Å²) in [7, 11) is 0. The standard InChI is InChI=1S/C15H12N2O2S/c1-9-4-6-10(7-5-9)12-13(11-3-2-8-20-11)15(19)17-16-14(12)18/h2-8H,1H3,(H,16,18)(H,17,19). The topological polar surface area (TPSA) is 65.7 Å². The fourth-order valence-electron chi connectivity index (χ4n) is 2.12. The van der Waals surface area contributed by atoms with Gasteiger partial charge in [-0.05, 0) is 23.9 Å². The quantitative estimate of drug-likeness (QED) is 0.760. The molecule has 0 saturated heterocycles. The fraction of sp³-hybridized carbons (Fsp3) is 0.0667. The number of H-pyrrole nitrogens is 2. The van der Waals surface area contributed by atoms with Crippen LogP contribution in [-0.2, 0) is 0 Å². The Morgan fingerprint density at radius 3 is 2.15 bits per heavy atom. The Morgan fingerprint density at radius 2 is 1.55 bits per heavy atom. The van der Waals surface area contributed by atoms with Gasteiger partial charge in [0.05, 0.1) is 11.1 Å². The Hall–Kier alpha value is -2.40. The third kappa shape index (κ3) is 2.12. The van der Waals surface area contributed by atoms with Crippen molar-refractivity contribution in [2.24, 2.45) is 0 Å². The first-order valence-electron chi connectivity index (χ1n) is 6.12. The summed E-state index contributed by atoms with van der Waals surface area (Å²) >= 11 is 1.44. The van der Waals surface area contributed by atoms with Crippen molar-refractivity contribution in [1.29, 1.82) is 0 Å². The highest BCUT2D eigenvalue weighted by atomic mass is 32.1. The highest BCUT2D eigenvalue weighted by Crippen LogP contribution is 2.29. The number of thiophene rings is 1. The van der Waals surface area contributed by atoms with Crippen molar-refractivity contribution in [2.45, 2.75) is 6.92 Å². The summed E-state index contributed by atoms with van der Waals surface area (Å²) in [6.45, 7) is 1.98. The highest BCUT2D eigenvalue weighted by Gasteiger charge is 2.16. The zero-order valence-corrected chi connectivity index (χ0v) is 11.6. The van der Waals surface area contributed by atoms with Gasteiger partial charge in [0, 0.05) is 4.88 Å². The van der Waals surface area contributed by atoms with E-state index in [1.165, 1.54) is 11.3 Å². The van der Waals surface area contributed by atoms with Gasteiger partial charge in [0.15, 0.2) is 0 Å². The third-order valence-electron chi connectivity index (χ3n) is 3.10. The van der Waals surface area contributed by atoms with E-state index >= 15 is 0 Å². The number of aryl methyl sites for hydroxylation is 1. The number of hydrogen-bond donors (Lipinski definition) is 2. The Kier molecular flexibility index (Phi) is 3.12. The molecule has 1 aromatic carbocycles. The van der Waals surface area contributed by atoms with Crippen LogP contribution >= 0.6 is 11.3 Å². The minimum absolute atomic E-state index is 0.289. The normalized spacial score (nSPS) is 10.7. The fourth-order valence-corrected chi connectivity index (χ4v) is 2.89. The van der Waals surface area contributed by atoms with Crippen molar-refractivity contribution in [3.05, 3.63) is 68.0 Å². The van der Waals surface area contributed by atoms with Crippen molar-refractivity contribution >= 4 is 11.3 Å². The van der Waals surface area contributed by atoms with Crippen LogP contribution < -0.4 is 11.1 Å². The Bertz CT molecular complexity index is 843. The lowest BCUT2D eigenvalue weighted by molar-refractivity contribution is 0.959. The predicted molar refractivity (Wildman–Crippen MR) is 81.2 cm³/mol. The second-order valence-electron chi connectivity index (χ2n) is 4.50. The largest absolute Gasteiger partial charge is 0.271 e. The van der Waals surface area contributed by atoms with E-state index < -0.39 is 0 Å². The zero-order valence-electron chi connectivity index (χ0n) is 10.8. The van der Waals surface area contributed by atoms with Gasteiger partial charge < -0.3 is 0 Å². The maximum atomic E-state index is 12.2. The molecular formula is C15H12N2O2S. The number of aromatic amines is 2. The first-order chi connectivity index (χ1) is 9.66. The van der Waals surface area contributed by atoms with E-state index in [0.717, 1.165) is 16.0 Å². The van der Waals surface area contributed by atoms with Gasteiger partial charge in [0.25, 0.3) is 11.1 Å². The number of rotatable bonds is 2. The molecule has 0 saturated carbocycles. The molecule has 3 aromatic rings. The van der Waals surface area contributed by atoms with E-state index in [0.29, 0.717) is 11.1 Å². The van der Waals surface area contributed by atoms with Crippen LogP contribution in [0.1, 0.15) is 5.56 Å². The van der Waals surface area contributed by atoms with Gasteiger partial charge in [-0.3, -0.25) is 19.8 Å². The van der Waals surface area contributed by atoms with Gasteiger partial charge in [-0.15, -0.1) is 11.3 Å². The number of hydrogen-bond acceptors (Lipinski definition) is 3. The minimum Gasteiger partial charge on any atom is -0.267 e. The van der Waals surface area contributed by atoms with Crippen molar-refractivity contribution in [3.8, 4) is 21.6 Å². The Balaban J connectivity index is 2.35. The average Bonchev–Trinajstić information content (AvgIpc) is 2.96. The molecule has 0 aliphatic rings. The van der Waals surface area contributed by atoms with E-state index in [1.807, 2.05) is 48.7 Å². The van der Waals surface area contributed by atoms with Crippen LogP contribution in [0.25, 0.3) is 21.6 Å². The van der Waals surface area contributed by atoms with Crippen LogP contribution in [0.2, 0.25) is 0 Å². The van der Waals surface area contributed by atoms with Crippen molar-refractivity contribution in [1.82, 2.24) is 10.2 Å². The molecule has 0 aliphatic carbocycles. The van der Waals surface area contributed by atoms with E-state index in [1.54, 1.807) is 0 Å². The van der Waals surface area contributed by atoms with E-state index in [4.69, 9.17) is 0 Å². The Labute approximate surface area is 118 Å². The number of aromatic nitrogens is 2. The molecule has 0 atom stereocenters. The molecule has 3 rings (SSSR count). The monoisotopic (exact) mass is 284 g/mol. The summed E-state index contributed by atoms with van der Waals surface area (Å²) in [5.74, 6) is 0. The van der Waals surface area contributed by atoms with Gasteiger partial charge in [-0.1, -0.05) is 35.9 Å². The lowest BCUT2D eigenvalue weighted by Crippen LogP contribution is -2.22. The van der Waals surface area contributed by atoms with E-state index in [2.05, 4.69) is 10.2 Å². The lowest BCUT2D eigenvalue weighted by Gasteiger charge is -2.06. The predicted octanol–water partition coefficient (Wildman–Crippen LogP) is 2.77. The van der Waals surface area contributed by atoms with Gasteiger partial charge in [0.1, 0.15) is 0 Å². The SMILES string of the molecule is Cc1ccc(-c2c(-c3cccs3)c(=O)[nH][nH]c2=O)cc1. The number of benzene rings is 1. The smallest absolute Gasteiger partial charge is 0.267 e. The number of nitrogens with one attached hydrogen (secondary N) is 2. The summed E-state index contributed by atoms with van der Waals surface area (Å²) < 4.78 is 0. The molecule has 4 nitrogen and oxygen atoms in total. The van der Waals surface area contributed by atoms with E-state index in [9.17, 15) is 9.59 Å². The molecule has 2 heterocycles. The van der Waals surface area contributed by atoms with Crippen LogP contribution in [-0.4, -0.2) is 10.2 Å². The second-order valence-corrected chi connectivity index (χ2v) is 5.45. The van der Waals surface area contributed by atoms with Crippen molar-refractivity contribution < 1.29 is 0 Å². The lowest BCUT2D eigenvalue weighted by atomic mass is 10.0. The molecule has 0 aliphatic heterocycles. The molecule has 0 amide bonds. The average molecular weight is 284 g/mol. The molecule has 100 valence electrons. The first-order valence-corrected chi connectivity index (χ1v) is 7.00. The van der Waals surface area contributed by atoms with Gasteiger partial charge >= 0.3 is 0 Å². The minimum atomic E-state index is -0.295. The zero-order chi connectivity index (χ0) is 14.1. The summed E-state index contributed by atoms with van der Waals surface area (Å²) in [5, 5.41) is 6.67. The molecular weight excluding hydrogens is 272 g/mol. The van der Waals surface area contributed by atoms with Crippen LogP contribution in [0.3, 0.4) is 0 Å². The summed E-state index contributed by atoms with van der Waals surface area (Å²) in [6.07, 6.45) is 0.